The van der Waals surface area contributed by atoms with Crippen LogP contribution in [0.1, 0.15) is 29.8 Å². The molecule has 2 aromatic heterocycles. The summed E-state index contributed by atoms with van der Waals surface area (Å²) in [5.41, 5.74) is 4.32. The molecule has 5 heteroatoms. The van der Waals surface area contributed by atoms with Gasteiger partial charge in [-0.1, -0.05) is 0 Å². The average Bonchev–Trinajstić information content (AvgIpc) is 3.38. The third-order valence-corrected chi connectivity index (χ3v) is 5.02. The minimum absolute atomic E-state index is 0.0361. The second-order valence-corrected chi connectivity index (χ2v) is 6.78. The van der Waals surface area contributed by atoms with Gasteiger partial charge in [0.1, 0.15) is 18.1 Å². The van der Waals surface area contributed by atoms with Gasteiger partial charge in [0, 0.05) is 29.9 Å². The van der Waals surface area contributed by atoms with Gasteiger partial charge in [0.05, 0.1) is 5.52 Å². The smallest absolute Gasteiger partial charge is 0.167 e. The maximum absolute atomic E-state index is 13.8. The fourth-order valence-corrected chi connectivity index (χ4v) is 3.30. The van der Waals surface area contributed by atoms with Crippen molar-refractivity contribution in [2.24, 2.45) is 5.92 Å². The van der Waals surface area contributed by atoms with E-state index in [1.165, 1.54) is 36.2 Å². The monoisotopic (exact) mass is 342 g/mol. The largest absolute Gasteiger partial charge is 0.484 e. The van der Waals surface area contributed by atoms with Crippen molar-refractivity contribution in [2.45, 2.75) is 39.8 Å². The molecule has 3 nitrogen and oxygen atoms in total. The number of hydrogen-bond donors (Lipinski definition) is 0. The van der Waals surface area contributed by atoms with E-state index in [2.05, 4.69) is 23.4 Å². The number of fused-ring (bicyclic) bond motifs is 1. The quantitative estimate of drug-likeness (QED) is 0.658. The normalized spacial score (nSPS) is 14.2. The summed E-state index contributed by atoms with van der Waals surface area (Å²) in [6.07, 6.45) is 4.30. The molecule has 0 bridgehead atoms. The number of aromatic nitrogens is 2. The molecule has 0 spiro atoms. The predicted molar refractivity (Wildman–Crippen MR) is 92.6 cm³/mol. The van der Waals surface area contributed by atoms with E-state index < -0.39 is 11.6 Å². The molecule has 1 aromatic carbocycles. The van der Waals surface area contributed by atoms with Gasteiger partial charge in [-0.2, -0.15) is 0 Å². The number of halogens is 2. The van der Waals surface area contributed by atoms with Crippen LogP contribution in [0, 0.1) is 31.4 Å². The Bertz CT molecular complexity index is 945. The average molecular weight is 342 g/mol. The van der Waals surface area contributed by atoms with E-state index in [1.54, 1.807) is 6.20 Å². The Morgan fingerprint density at radius 1 is 1.20 bits per heavy atom. The van der Waals surface area contributed by atoms with Gasteiger partial charge < -0.3 is 9.30 Å². The van der Waals surface area contributed by atoms with Crippen LogP contribution in [-0.2, 0) is 13.2 Å². The Kier molecular flexibility index (Phi) is 3.94. The van der Waals surface area contributed by atoms with Crippen LogP contribution in [0.3, 0.4) is 0 Å². The third-order valence-electron chi connectivity index (χ3n) is 5.02. The standard InChI is InChI=1S/C20H20F2N2O/c1-12-13(2)24(10-14-3-4-14)20-16(12)7-8-23-18(20)11-25-19-6-5-15(21)9-17(19)22/h5-9,14H,3-4,10-11H2,1-2H3. The van der Waals surface area contributed by atoms with Crippen LogP contribution in [0.25, 0.3) is 10.9 Å². The molecule has 130 valence electrons. The highest BCUT2D eigenvalue weighted by molar-refractivity contribution is 5.86. The van der Waals surface area contributed by atoms with Crippen LogP contribution in [-0.4, -0.2) is 9.55 Å². The highest BCUT2D eigenvalue weighted by atomic mass is 19.1. The van der Waals surface area contributed by atoms with E-state index in [0.29, 0.717) is 0 Å². The lowest BCUT2D eigenvalue weighted by atomic mass is 10.2. The van der Waals surface area contributed by atoms with Gasteiger partial charge in [0.25, 0.3) is 0 Å². The van der Waals surface area contributed by atoms with Gasteiger partial charge in [-0.15, -0.1) is 0 Å². The molecule has 3 aromatic rings. The van der Waals surface area contributed by atoms with E-state index in [-0.39, 0.29) is 12.4 Å². The summed E-state index contributed by atoms with van der Waals surface area (Å²) in [6, 6.07) is 5.34. The predicted octanol–water partition coefficient (Wildman–Crippen LogP) is 4.92. The maximum atomic E-state index is 13.8. The first-order valence-electron chi connectivity index (χ1n) is 8.55. The van der Waals surface area contributed by atoms with E-state index >= 15 is 0 Å². The van der Waals surface area contributed by atoms with Crippen LogP contribution in [0.5, 0.6) is 5.75 Å². The first-order chi connectivity index (χ1) is 12.0. The Morgan fingerprint density at radius 2 is 2.00 bits per heavy atom. The van der Waals surface area contributed by atoms with Gasteiger partial charge in [0.15, 0.2) is 11.6 Å². The Labute approximate surface area is 145 Å². The Hall–Kier alpha value is -2.43. The topological polar surface area (TPSA) is 27.1 Å². The number of nitrogens with zero attached hydrogens (tertiary/aromatic N) is 2. The van der Waals surface area contributed by atoms with Crippen LogP contribution < -0.4 is 4.74 Å². The molecule has 0 atom stereocenters. The summed E-state index contributed by atoms with van der Waals surface area (Å²) < 4.78 is 34.7. The molecule has 4 rings (SSSR count). The number of aryl methyl sites for hydroxylation is 1. The highest BCUT2D eigenvalue weighted by Gasteiger charge is 2.25. The first-order valence-corrected chi connectivity index (χ1v) is 8.55. The van der Waals surface area contributed by atoms with E-state index in [1.807, 2.05) is 6.07 Å². The summed E-state index contributed by atoms with van der Waals surface area (Å²) in [5.74, 6) is -0.548. The Morgan fingerprint density at radius 3 is 2.72 bits per heavy atom. The minimum atomic E-state index is -0.701. The van der Waals surface area contributed by atoms with Crippen molar-refractivity contribution in [1.29, 1.82) is 0 Å². The third kappa shape index (κ3) is 2.99. The molecule has 1 fully saturated rings. The second-order valence-electron chi connectivity index (χ2n) is 6.78. The number of ether oxygens (including phenoxy) is 1. The van der Waals surface area contributed by atoms with Crippen molar-refractivity contribution in [1.82, 2.24) is 9.55 Å². The maximum Gasteiger partial charge on any atom is 0.167 e. The Balaban J connectivity index is 1.70. The van der Waals surface area contributed by atoms with Crippen molar-refractivity contribution >= 4 is 10.9 Å². The van der Waals surface area contributed by atoms with Crippen molar-refractivity contribution in [3.05, 3.63) is 59.0 Å². The van der Waals surface area contributed by atoms with Crippen molar-refractivity contribution < 1.29 is 13.5 Å². The summed E-state index contributed by atoms with van der Waals surface area (Å²) in [5, 5.41) is 1.16. The van der Waals surface area contributed by atoms with E-state index in [9.17, 15) is 8.78 Å². The highest BCUT2D eigenvalue weighted by Crippen LogP contribution is 2.35. The molecule has 0 saturated heterocycles. The van der Waals surface area contributed by atoms with Crippen LogP contribution in [0.15, 0.2) is 30.5 Å². The summed E-state index contributed by atoms with van der Waals surface area (Å²) >= 11 is 0. The van der Waals surface area contributed by atoms with Crippen LogP contribution >= 0.6 is 0 Å². The zero-order valence-corrected chi connectivity index (χ0v) is 14.4. The molecule has 2 heterocycles. The molecule has 0 aliphatic heterocycles. The number of rotatable bonds is 5. The fraction of sp³-hybridized carbons (Fsp3) is 0.350. The molecule has 0 N–H and O–H groups in total. The molecule has 0 unspecified atom stereocenters. The lowest BCUT2D eigenvalue weighted by Gasteiger charge is -2.12. The summed E-state index contributed by atoms with van der Waals surface area (Å²) in [4.78, 5) is 4.47. The van der Waals surface area contributed by atoms with Gasteiger partial charge in [-0.3, -0.25) is 4.98 Å². The lowest BCUT2D eigenvalue weighted by molar-refractivity contribution is 0.286. The van der Waals surface area contributed by atoms with Crippen LogP contribution in [0.4, 0.5) is 8.78 Å². The second kappa shape index (κ2) is 6.14. The minimum Gasteiger partial charge on any atom is -0.484 e. The zero-order chi connectivity index (χ0) is 17.6. The van der Waals surface area contributed by atoms with Gasteiger partial charge in [-0.25, -0.2) is 8.78 Å². The first kappa shape index (κ1) is 16.1. The van der Waals surface area contributed by atoms with Gasteiger partial charge >= 0.3 is 0 Å². The molecular weight excluding hydrogens is 322 g/mol. The van der Waals surface area contributed by atoms with E-state index in [0.717, 1.165) is 35.1 Å². The van der Waals surface area contributed by atoms with Gasteiger partial charge in [0.2, 0.25) is 0 Å². The molecule has 0 radical (unpaired) electrons. The molecule has 0 amide bonds. The van der Waals surface area contributed by atoms with Crippen molar-refractivity contribution in [3.63, 3.8) is 0 Å². The molecule has 1 saturated carbocycles. The van der Waals surface area contributed by atoms with Crippen molar-refractivity contribution in [2.75, 3.05) is 0 Å². The zero-order valence-electron chi connectivity index (χ0n) is 14.4. The van der Waals surface area contributed by atoms with Crippen LogP contribution in [0.2, 0.25) is 0 Å². The molecule has 1 aliphatic carbocycles. The lowest BCUT2D eigenvalue weighted by Crippen LogP contribution is -2.07. The molecule has 25 heavy (non-hydrogen) atoms. The van der Waals surface area contributed by atoms with E-state index in [4.69, 9.17) is 4.74 Å². The summed E-state index contributed by atoms with van der Waals surface area (Å²) in [6.45, 7) is 5.38. The van der Waals surface area contributed by atoms with Crippen molar-refractivity contribution in [3.8, 4) is 5.75 Å². The summed E-state index contributed by atoms with van der Waals surface area (Å²) in [7, 11) is 0. The molecule has 1 aliphatic rings. The fourth-order valence-electron chi connectivity index (χ4n) is 3.30. The SMILES string of the molecule is Cc1c(C)n(CC2CC2)c2c(COc3ccc(F)cc3F)nccc12. The molecular formula is C20H20F2N2O. The van der Waals surface area contributed by atoms with Gasteiger partial charge in [-0.05, 0) is 56.4 Å². The number of hydrogen-bond acceptors (Lipinski definition) is 2. The number of benzene rings is 1. The number of pyridine rings is 1.